The lowest BCUT2D eigenvalue weighted by Crippen LogP contribution is -2.49. The van der Waals surface area contributed by atoms with Gasteiger partial charge < -0.3 is 19.1 Å². The van der Waals surface area contributed by atoms with E-state index in [-0.39, 0.29) is 18.7 Å². The van der Waals surface area contributed by atoms with Crippen molar-refractivity contribution in [3.63, 3.8) is 0 Å². The lowest BCUT2D eigenvalue weighted by Gasteiger charge is -2.37. The molecule has 1 atom stereocenters. The number of rotatable bonds is 5. The minimum absolute atomic E-state index is 0.103. The van der Waals surface area contributed by atoms with E-state index in [9.17, 15) is 10.1 Å². The molecule has 1 saturated heterocycles. The van der Waals surface area contributed by atoms with Crippen LogP contribution in [-0.4, -0.2) is 55.8 Å². The molecule has 0 bridgehead atoms. The highest BCUT2D eigenvalue weighted by Crippen LogP contribution is 2.35. The maximum atomic E-state index is 12.6. The van der Waals surface area contributed by atoms with Gasteiger partial charge in [-0.25, -0.2) is 0 Å². The molecule has 0 spiro atoms. The van der Waals surface area contributed by atoms with Crippen molar-refractivity contribution < 1.29 is 19.0 Å². The van der Waals surface area contributed by atoms with Gasteiger partial charge in [-0.2, -0.15) is 5.26 Å². The van der Waals surface area contributed by atoms with Crippen molar-refractivity contribution in [2.24, 2.45) is 0 Å². The molecule has 1 amide bonds. The van der Waals surface area contributed by atoms with E-state index in [0.29, 0.717) is 44.1 Å². The number of methoxy groups -OCH3 is 1. The number of nitriles is 1. The Morgan fingerprint density at radius 3 is 2.52 bits per heavy atom. The van der Waals surface area contributed by atoms with Gasteiger partial charge in [0.15, 0.2) is 11.5 Å². The van der Waals surface area contributed by atoms with E-state index in [1.54, 1.807) is 7.11 Å². The monoisotopic (exact) mass is 393 g/mol. The average molecular weight is 393 g/mol. The van der Waals surface area contributed by atoms with E-state index in [0.717, 1.165) is 16.9 Å². The number of fused-ring (bicyclic) bond motifs is 1. The van der Waals surface area contributed by atoms with Gasteiger partial charge in [-0.05, 0) is 35.4 Å². The molecule has 0 aromatic heterocycles. The Balaban J connectivity index is 1.35. The molecule has 0 saturated carbocycles. The van der Waals surface area contributed by atoms with Crippen LogP contribution in [0.2, 0.25) is 0 Å². The van der Waals surface area contributed by atoms with Crippen LogP contribution in [0.4, 0.5) is 0 Å². The number of hydrogen-bond acceptors (Lipinski definition) is 6. The molecular weight excluding hydrogens is 370 g/mol. The number of benzene rings is 2. The Bertz CT molecular complexity index is 915. The van der Waals surface area contributed by atoms with Crippen molar-refractivity contribution in [2.45, 2.75) is 12.5 Å². The summed E-state index contributed by atoms with van der Waals surface area (Å²) in [7, 11) is 1.62. The highest BCUT2D eigenvalue weighted by molar-refractivity contribution is 5.79. The second-order valence-corrected chi connectivity index (χ2v) is 7.09. The van der Waals surface area contributed by atoms with Crippen molar-refractivity contribution in [2.75, 3.05) is 40.1 Å². The zero-order chi connectivity index (χ0) is 20.2. The number of nitrogens with zero attached hydrogens (tertiary/aromatic N) is 3. The molecule has 1 unspecified atom stereocenters. The number of carbonyl (C=O) groups excluding carboxylic acids is 1. The van der Waals surface area contributed by atoms with Crippen molar-refractivity contribution in [1.29, 1.82) is 5.26 Å². The molecule has 2 aromatic carbocycles. The minimum Gasteiger partial charge on any atom is -0.497 e. The number of hydrogen-bond donors (Lipinski definition) is 0. The van der Waals surface area contributed by atoms with Gasteiger partial charge in [-0.15, -0.1) is 0 Å². The average Bonchev–Trinajstić information content (AvgIpc) is 3.23. The van der Waals surface area contributed by atoms with Crippen LogP contribution < -0.4 is 14.2 Å². The largest absolute Gasteiger partial charge is 0.497 e. The molecule has 0 N–H and O–H groups in total. The molecule has 29 heavy (non-hydrogen) atoms. The van der Waals surface area contributed by atoms with Crippen molar-refractivity contribution in [1.82, 2.24) is 9.80 Å². The highest BCUT2D eigenvalue weighted by atomic mass is 16.7. The first-order chi connectivity index (χ1) is 14.2. The number of ether oxygens (including phenoxy) is 3. The van der Waals surface area contributed by atoms with Gasteiger partial charge in [0, 0.05) is 26.2 Å². The fourth-order valence-corrected chi connectivity index (χ4v) is 3.71. The zero-order valence-electron chi connectivity index (χ0n) is 16.3. The van der Waals surface area contributed by atoms with Crippen molar-refractivity contribution in [3.8, 4) is 23.3 Å². The maximum absolute atomic E-state index is 12.6. The van der Waals surface area contributed by atoms with E-state index in [2.05, 4.69) is 11.0 Å². The van der Waals surface area contributed by atoms with Crippen LogP contribution >= 0.6 is 0 Å². The number of piperazine rings is 1. The summed E-state index contributed by atoms with van der Waals surface area (Å²) < 4.78 is 15.9. The van der Waals surface area contributed by atoms with Gasteiger partial charge in [0.25, 0.3) is 0 Å². The topological polar surface area (TPSA) is 75.0 Å². The Morgan fingerprint density at radius 1 is 1.10 bits per heavy atom. The van der Waals surface area contributed by atoms with Gasteiger partial charge in [-0.3, -0.25) is 9.69 Å². The first kappa shape index (κ1) is 19.1. The third-order valence-corrected chi connectivity index (χ3v) is 5.38. The third-order valence-electron chi connectivity index (χ3n) is 5.38. The zero-order valence-corrected chi connectivity index (χ0v) is 16.3. The summed E-state index contributed by atoms with van der Waals surface area (Å²) in [6.07, 6.45) is 0.369. The Kier molecular flexibility index (Phi) is 5.54. The Morgan fingerprint density at radius 2 is 1.83 bits per heavy atom. The first-order valence-electron chi connectivity index (χ1n) is 9.62. The van der Waals surface area contributed by atoms with E-state index in [1.807, 2.05) is 47.4 Å². The van der Waals surface area contributed by atoms with Crippen LogP contribution in [0.5, 0.6) is 17.2 Å². The van der Waals surface area contributed by atoms with E-state index in [4.69, 9.17) is 14.2 Å². The standard InChI is InChI=1S/C22H23N3O4/c1-27-18-5-2-16(3-6-18)12-22(26)25-10-8-24(9-11-25)19(14-23)17-4-7-20-21(13-17)29-15-28-20/h2-7,13,19H,8-12,15H2,1H3. The predicted molar refractivity (Wildman–Crippen MR) is 106 cm³/mol. The summed E-state index contributed by atoms with van der Waals surface area (Å²) >= 11 is 0. The molecule has 4 rings (SSSR count). The normalized spacial score (nSPS) is 16.9. The second-order valence-electron chi connectivity index (χ2n) is 7.09. The molecule has 0 aliphatic carbocycles. The van der Waals surface area contributed by atoms with Crippen LogP contribution in [0.3, 0.4) is 0 Å². The molecule has 7 heteroatoms. The lowest BCUT2D eigenvalue weighted by molar-refractivity contribution is -0.132. The van der Waals surface area contributed by atoms with E-state index < -0.39 is 0 Å². The molecule has 150 valence electrons. The summed E-state index contributed by atoms with van der Waals surface area (Å²) in [4.78, 5) is 16.6. The van der Waals surface area contributed by atoms with Gasteiger partial charge in [-0.1, -0.05) is 18.2 Å². The van der Waals surface area contributed by atoms with E-state index >= 15 is 0 Å². The van der Waals surface area contributed by atoms with Crippen LogP contribution in [0, 0.1) is 11.3 Å². The fraction of sp³-hybridized carbons (Fsp3) is 0.364. The minimum atomic E-state index is -0.372. The van der Waals surface area contributed by atoms with Gasteiger partial charge >= 0.3 is 0 Å². The summed E-state index contributed by atoms with van der Waals surface area (Å²) in [5.74, 6) is 2.27. The molecule has 2 aliphatic heterocycles. The summed E-state index contributed by atoms with van der Waals surface area (Å²) in [6, 6.07) is 15.2. The van der Waals surface area contributed by atoms with Gasteiger partial charge in [0.05, 0.1) is 19.6 Å². The lowest BCUT2D eigenvalue weighted by atomic mass is 10.0. The third kappa shape index (κ3) is 4.13. The van der Waals surface area contributed by atoms with Crippen LogP contribution in [0.25, 0.3) is 0 Å². The first-order valence-corrected chi connectivity index (χ1v) is 9.62. The second kappa shape index (κ2) is 8.41. The maximum Gasteiger partial charge on any atom is 0.231 e. The van der Waals surface area contributed by atoms with Gasteiger partial charge in [0.2, 0.25) is 12.7 Å². The van der Waals surface area contributed by atoms with Crippen molar-refractivity contribution >= 4 is 5.91 Å². The van der Waals surface area contributed by atoms with Crippen LogP contribution in [0.1, 0.15) is 17.2 Å². The number of amides is 1. The van der Waals surface area contributed by atoms with Crippen LogP contribution in [-0.2, 0) is 11.2 Å². The Hall–Kier alpha value is -3.24. The summed E-state index contributed by atoms with van der Waals surface area (Å²) in [5, 5.41) is 9.74. The molecule has 1 fully saturated rings. The molecule has 0 radical (unpaired) electrons. The highest BCUT2D eigenvalue weighted by Gasteiger charge is 2.28. The molecular formula is C22H23N3O4. The van der Waals surface area contributed by atoms with Crippen LogP contribution in [0.15, 0.2) is 42.5 Å². The summed E-state index contributed by atoms with van der Waals surface area (Å²) in [6.45, 7) is 2.74. The van der Waals surface area contributed by atoms with E-state index in [1.165, 1.54) is 0 Å². The molecule has 7 nitrogen and oxygen atoms in total. The predicted octanol–water partition coefficient (Wildman–Crippen LogP) is 2.38. The Labute approximate surface area is 170 Å². The quantitative estimate of drug-likeness (QED) is 0.776. The van der Waals surface area contributed by atoms with Crippen molar-refractivity contribution in [3.05, 3.63) is 53.6 Å². The SMILES string of the molecule is COc1ccc(CC(=O)N2CCN(C(C#N)c3ccc4c(c3)OCO4)CC2)cc1. The summed E-state index contributed by atoms with van der Waals surface area (Å²) in [5.41, 5.74) is 1.85. The fourth-order valence-electron chi connectivity index (χ4n) is 3.71. The van der Waals surface area contributed by atoms with Gasteiger partial charge in [0.1, 0.15) is 11.8 Å². The number of carbonyl (C=O) groups is 1. The molecule has 2 aromatic rings. The molecule has 2 aliphatic rings. The smallest absolute Gasteiger partial charge is 0.231 e. The molecule has 2 heterocycles.